The Kier molecular flexibility index (Phi) is 16.4. The molecule has 160 valence electrons. The van der Waals surface area contributed by atoms with Gasteiger partial charge in [0.05, 0.1) is 12.3 Å². The van der Waals surface area contributed by atoms with Crippen LogP contribution in [0.15, 0.2) is 0 Å². The first-order chi connectivity index (χ1) is 11.9. The lowest BCUT2D eigenvalue weighted by Crippen LogP contribution is -2.30. The van der Waals surface area contributed by atoms with Gasteiger partial charge >= 0.3 is 43.6 Å². The molecular formula is C7H19NO15P4+2. The van der Waals surface area contributed by atoms with Crippen LogP contribution in [-0.4, -0.2) is 63.5 Å². The topological polar surface area (TPSA) is 300 Å². The number of aliphatic carboxylic acids is 2. The average molecular weight is 481 g/mol. The van der Waals surface area contributed by atoms with E-state index in [9.17, 15) is 27.8 Å². The molecule has 0 spiro atoms. The standard InChI is InChI=1S/C5H10O10P2.C2H7N.O5P2/c6-3(7)1-2(4(8)9)5(16(10,11)12)17(13,14)15;1-2-3;1-6(2)5-7(3)4/h2,5H,1H2,(H,6,7)(H,8,9)(H2,10,11,12)(H2,13,14,15);2-3H2,1H3;/p+2. The van der Waals surface area contributed by atoms with Gasteiger partial charge in [0.2, 0.25) is 0 Å². The van der Waals surface area contributed by atoms with Crippen LogP contribution < -0.4 is 5.73 Å². The predicted octanol–water partition coefficient (Wildman–Crippen LogP) is -0.889. The van der Waals surface area contributed by atoms with Gasteiger partial charge in [0.15, 0.2) is 9.71 Å². The Balaban J connectivity index is -0.000000476. The second-order valence-corrected chi connectivity index (χ2v) is 9.58. The summed E-state index contributed by atoms with van der Waals surface area (Å²) in [5.41, 5.74) is 4.85. The van der Waals surface area contributed by atoms with Gasteiger partial charge in [0, 0.05) is 9.13 Å². The number of nitrogens with two attached hydrogens (primary N) is 1. The van der Waals surface area contributed by atoms with E-state index in [1.807, 2.05) is 6.92 Å². The van der Waals surface area contributed by atoms with Crippen LogP contribution in [0.4, 0.5) is 0 Å². The highest BCUT2D eigenvalue weighted by atomic mass is 31.2. The molecule has 0 bridgehead atoms. The highest BCUT2D eigenvalue weighted by Gasteiger charge is 2.52. The van der Waals surface area contributed by atoms with Gasteiger partial charge in [-0.1, -0.05) is 6.92 Å². The molecule has 3 atom stereocenters. The van der Waals surface area contributed by atoms with Crippen molar-refractivity contribution in [2.45, 2.75) is 18.7 Å². The summed E-state index contributed by atoms with van der Waals surface area (Å²) in [6.07, 6.45) is -1.31. The minimum Gasteiger partial charge on any atom is -0.481 e. The van der Waals surface area contributed by atoms with Gasteiger partial charge in [0.25, 0.3) is 0 Å². The van der Waals surface area contributed by atoms with Gasteiger partial charge in [0.1, 0.15) is 0 Å². The number of carbonyl (C=O) groups is 2. The van der Waals surface area contributed by atoms with Gasteiger partial charge in [-0.2, -0.15) is 0 Å². The van der Waals surface area contributed by atoms with Crippen LogP contribution >= 0.6 is 31.7 Å². The molecule has 0 rings (SSSR count). The zero-order chi connectivity index (χ0) is 22.6. The van der Waals surface area contributed by atoms with Gasteiger partial charge in [-0.15, -0.1) is 9.79 Å². The maximum atomic E-state index is 10.9. The maximum absolute atomic E-state index is 10.9. The molecule has 10 N–H and O–H groups in total. The molecule has 0 aliphatic rings. The SMILES string of the molecule is CCN.O=C(O)CC(C(=O)O)C(P(=O)(O)O)P(=O)(O)O.O=[P+](O)O[P+](=O)O. The van der Waals surface area contributed by atoms with E-state index >= 15 is 0 Å². The van der Waals surface area contributed by atoms with Crippen molar-refractivity contribution in [1.29, 1.82) is 0 Å². The van der Waals surface area contributed by atoms with Crippen LogP contribution in [0.5, 0.6) is 0 Å². The molecule has 0 aromatic heterocycles. The van der Waals surface area contributed by atoms with Crippen molar-refractivity contribution in [2.24, 2.45) is 11.7 Å². The quantitative estimate of drug-likeness (QED) is 0.190. The van der Waals surface area contributed by atoms with E-state index in [2.05, 4.69) is 4.31 Å². The number of carboxylic acid groups (broad SMARTS) is 2. The summed E-state index contributed by atoms with van der Waals surface area (Å²) in [4.78, 5) is 71.1. The zero-order valence-corrected chi connectivity index (χ0v) is 16.9. The van der Waals surface area contributed by atoms with E-state index in [1.165, 1.54) is 0 Å². The molecule has 20 heteroatoms. The molecule has 0 heterocycles. The Hall–Kier alpha value is -0.720. The van der Waals surface area contributed by atoms with E-state index in [0.29, 0.717) is 0 Å². The van der Waals surface area contributed by atoms with Crippen molar-refractivity contribution in [3.8, 4) is 0 Å². The van der Waals surface area contributed by atoms with E-state index in [0.717, 1.165) is 6.54 Å². The van der Waals surface area contributed by atoms with E-state index < -0.39 is 61.4 Å². The van der Waals surface area contributed by atoms with Crippen LogP contribution in [0.2, 0.25) is 0 Å². The maximum Gasteiger partial charge on any atom is 0.745 e. The number of hydrogen-bond acceptors (Lipinski definition) is 8. The first-order valence-electron chi connectivity index (χ1n) is 6.17. The minimum atomic E-state index is -5.47. The van der Waals surface area contributed by atoms with Crippen LogP contribution in [0.3, 0.4) is 0 Å². The third-order valence-corrected chi connectivity index (χ3v) is 6.92. The normalized spacial score (nSPS) is 13.4. The summed E-state index contributed by atoms with van der Waals surface area (Å²) in [6.45, 7) is 2.65. The van der Waals surface area contributed by atoms with Crippen molar-refractivity contribution in [3.05, 3.63) is 0 Å². The van der Waals surface area contributed by atoms with Gasteiger partial charge < -0.3 is 35.5 Å². The fraction of sp³-hybridized carbons (Fsp3) is 0.714. The smallest absolute Gasteiger partial charge is 0.481 e. The molecule has 0 saturated heterocycles. The van der Waals surface area contributed by atoms with Crippen molar-refractivity contribution in [1.82, 2.24) is 0 Å². The third kappa shape index (κ3) is 18.4. The lowest BCUT2D eigenvalue weighted by molar-refractivity contribution is -0.148. The van der Waals surface area contributed by atoms with Crippen LogP contribution in [0, 0.1) is 5.92 Å². The van der Waals surface area contributed by atoms with Crippen LogP contribution in [0.25, 0.3) is 0 Å². The van der Waals surface area contributed by atoms with Crippen LogP contribution in [0.1, 0.15) is 13.3 Å². The second kappa shape index (κ2) is 14.3. The predicted molar refractivity (Wildman–Crippen MR) is 86.7 cm³/mol. The molecule has 0 saturated carbocycles. The summed E-state index contributed by atoms with van der Waals surface area (Å²) in [6, 6.07) is 0. The lowest BCUT2D eigenvalue weighted by Gasteiger charge is -2.24. The molecule has 16 nitrogen and oxygen atoms in total. The summed E-state index contributed by atoms with van der Waals surface area (Å²) in [7, 11) is -16.8. The van der Waals surface area contributed by atoms with Crippen molar-refractivity contribution < 1.29 is 71.7 Å². The van der Waals surface area contributed by atoms with Gasteiger partial charge in [-0.25, -0.2) is 0 Å². The fourth-order valence-electron chi connectivity index (χ4n) is 1.23. The van der Waals surface area contributed by atoms with Crippen molar-refractivity contribution in [3.63, 3.8) is 0 Å². The minimum absolute atomic E-state index is 0.750. The Labute approximate surface area is 153 Å². The Morgan fingerprint density at radius 3 is 1.41 bits per heavy atom. The molecule has 0 aromatic carbocycles. The fourth-order valence-corrected chi connectivity index (χ4v) is 4.68. The highest BCUT2D eigenvalue weighted by molar-refractivity contribution is 7.71. The molecule has 0 radical (unpaired) electrons. The molecule has 0 aliphatic heterocycles. The lowest BCUT2D eigenvalue weighted by atomic mass is 10.1. The van der Waals surface area contributed by atoms with E-state index in [4.69, 9.17) is 45.3 Å². The Bertz CT molecular complexity index is 575. The Morgan fingerprint density at radius 1 is 1.00 bits per heavy atom. The highest BCUT2D eigenvalue weighted by Crippen LogP contribution is 2.63. The van der Waals surface area contributed by atoms with E-state index in [-0.39, 0.29) is 0 Å². The van der Waals surface area contributed by atoms with Crippen LogP contribution in [-0.2, 0) is 32.2 Å². The molecule has 0 aliphatic carbocycles. The van der Waals surface area contributed by atoms with Gasteiger partial charge in [-0.3, -0.25) is 18.7 Å². The largest absolute Gasteiger partial charge is 0.745 e. The number of rotatable bonds is 8. The first kappa shape index (κ1) is 31.0. The monoisotopic (exact) mass is 481 g/mol. The number of carboxylic acids is 2. The third-order valence-electron chi connectivity index (χ3n) is 1.90. The van der Waals surface area contributed by atoms with Gasteiger partial charge in [-0.05, 0) is 6.54 Å². The van der Waals surface area contributed by atoms with E-state index in [1.54, 1.807) is 0 Å². The average Bonchev–Trinajstić information content (AvgIpc) is 2.33. The molecule has 0 amide bonds. The molecular weight excluding hydrogens is 462 g/mol. The second-order valence-electron chi connectivity index (χ2n) is 4.10. The van der Waals surface area contributed by atoms with Crippen molar-refractivity contribution >= 4 is 43.6 Å². The summed E-state index contributed by atoms with van der Waals surface area (Å²) < 4.78 is 43.9. The van der Waals surface area contributed by atoms with Crippen molar-refractivity contribution in [2.75, 3.05) is 6.54 Å². The zero-order valence-electron chi connectivity index (χ0n) is 13.4. The molecule has 3 unspecified atom stereocenters. The number of hydrogen-bond donors (Lipinski definition) is 9. The first-order valence-corrected chi connectivity index (χ1v) is 11.8. The summed E-state index contributed by atoms with van der Waals surface area (Å²) in [5, 5.41) is 14.0. The molecule has 0 fully saturated rings. The summed E-state index contributed by atoms with van der Waals surface area (Å²) >= 11 is 0. The summed E-state index contributed by atoms with van der Waals surface area (Å²) in [5.74, 6) is -6.14. The molecule has 27 heavy (non-hydrogen) atoms. The Morgan fingerprint density at radius 2 is 1.30 bits per heavy atom. The molecule has 0 aromatic rings.